The Morgan fingerprint density at radius 2 is 1.05 bits per heavy atom. The molecule has 218 valence electrons. The van der Waals surface area contributed by atoms with E-state index in [4.69, 9.17) is 18.9 Å². The number of anilines is 2. The van der Waals surface area contributed by atoms with Crippen LogP contribution in [0, 0.1) is 0 Å². The Labute approximate surface area is 239 Å². The average Bonchev–Trinajstić information content (AvgIpc) is 3.00. The van der Waals surface area contributed by atoms with Crippen LogP contribution in [0.3, 0.4) is 0 Å². The third kappa shape index (κ3) is 7.62. The summed E-state index contributed by atoms with van der Waals surface area (Å²) in [6, 6.07) is 15.8. The Kier molecular flexibility index (Phi) is 10.3. The predicted molar refractivity (Wildman–Crippen MR) is 155 cm³/mol. The van der Waals surface area contributed by atoms with Gasteiger partial charge in [0.05, 0.1) is 27.4 Å². The van der Waals surface area contributed by atoms with Gasteiger partial charge in [0.25, 0.3) is 0 Å². The molecule has 0 fully saturated rings. The normalized spacial score (nSPS) is 10.9. The van der Waals surface area contributed by atoms with Crippen LogP contribution in [0.2, 0.25) is 0 Å². The van der Waals surface area contributed by atoms with E-state index in [9.17, 15) is 10.2 Å². The van der Waals surface area contributed by atoms with Crippen molar-refractivity contribution in [3.63, 3.8) is 0 Å². The third-order valence-corrected chi connectivity index (χ3v) is 6.20. The Morgan fingerprint density at radius 1 is 0.610 bits per heavy atom. The van der Waals surface area contributed by atoms with Crippen molar-refractivity contribution in [1.29, 1.82) is 0 Å². The molecule has 2 heterocycles. The molecule has 0 amide bonds. The minimum absolute atomic E-state index is 0.0116. The number of aliphatic hydroxyl groups is 2. The van der Waals surface area contributed by atoms with E-state index >= 15 is 0 Å². The first kappa shape index (κ1) is 29.6. The zero-order valence-electron chi connectivity index (χ0n) is 23.8. The number of aliphatic hydroxyl groups excluding tert-OH is 2. The van der Waals surface area contributed by atoms with Gasteiger partial charge in [0.15, 0.2) is 11.6 Å². The highest BCUT2D eigenvalue weighted by molar-refractivity contribution is 5.93. The molecule has 2 N–H and O–H groups in total. The quantitative estimate of drug-likeness (QED) is 0.206. The molecule has 0 aliphatic carbocycles. The summed E-state index contributed by atoms with van der Waals surface area (Å²) in [4.78, 5) is 22.5. The van der Waals surface area contributed by atoms with Crippen molar-refractivity contribution < 1.29 is 29.2 Å². The lowest BCUT2D eigenvalue weighted by molar-refractivity contribution is 0.192. The van der Waals surface area contributed by atoms with Gasteiger partial charge >= 0.3 is 12.0 Å². The second kappa shape index (κ2) is 14.3. The van der Waals surface area contributed by atoms with E-state index in [2.05, 4.69) is 19.9 Å². The molecular formula is C29H36N6O6. The molecule has 2 aromatic heterocycles. The molecule has 0 atom stereocenters. The summed E-state index contributed by atoms with van der Waals surface area (Å²) in [5, 5.41) is 18.6. The summed E-state index contributed by atoms with van der Waals surface area (Å²) in [6.45, 7) is 1.11. The van der Waals surface area contributed by atoms with Crippen molar-refractivity contribution in [3.05, 3.63) is 59.7 Å². The second-order valence-corrected chi connectivity index (χ2v) is 9.26. The van der Waals surface area contributed by atoms with Gasteiger partial charge in [-0.05, 0) is 35.4 Å². The molecule has 12 nitrogen and oxygen atoms in total. The van der Waals surface area contributed by atoms with Crippen LogP contribution in [0.15, 0.2) is 48.5 Å². The van der Waals surface area contributed by atoms with Gasteiger partial charge in [-0.2, -0.15) is 19.9 Å². The van der Waals surface area contributed by atoms with Crippen molar-refractivity contribution in [3.8, 4) is 23.5 Å². The summed E-state index contributed by atoms with van der Waals surface area (Å²) >= 11 is 0. The number of benzene rings is 2. The van der Waals surface area contributed by atoms with Crippen LogP contribution >= 0.6 is 0 Å². The molecule has 0 aliphatic rings. The van der Waals surface area contributed by atoms with E-state index in [0.717, 1.165) is 22.6 Å². The van der Waals surface area contributed by atoms with Crippen molar-refractivity contribution in [2.45, 2.75) is 19.5 Å². The van der Waals surface area contributed by atoms with Gasteiger partial charge in [0, 0.05) is 40.2 Å². The van der Waals surface area contributed by atoms with Crippen molar-refractivity contribution in [1.82, 2.24) is 19.9 Å². The van der Waals surface area contributed by atoms with Crippen LogP contribution in [0.5, 0.6) is 23.5 Å². The highest BCUT2D eigenvalue weighted by Crippen LogP contribution is 2.33. The topological polar surface area (TPSA) is 135 Å². The molecule has 0 spiro atoms. The first-order valence-corrected chi connectivity index (χ1v) is 13.2. The number of hydrogen-bond acceptors (Lipinski definition) is 12. The van der Waals surface area contributed by atoms with Gasteiger partial charge in [0.2, 0.25) is 0 Å². The van der Waals surface area contributed by atoms with Gasteiger partial charge in [-0.3, -0.25) is 0 Å². The molecule has 2 aromatic carbocycles. The van der Waals surface area contributed by atoms with E-state index in [1.54, 1.807) is 14.2 Å². The van der Waals surface area contributed by atoms with E-state index in [-0.39, 0.29) is 38.4 Å². The molecule has 41 heavy (non-hydrogen) atoms. The number of ether oxygens (including phenoxy) is 4. The lowest BCUT2D eigenvalue weighted by atomic mass is 10.2. The van der Waals surface area contributed by atoms with Crippen LogP contribution in [0.1, 0.15) is 17.5 Å². The predicted octanol–water partition coefficient (Wildman–Crippen LogP) is 2.84. The third-order valence-electron chi connectivity index (χ3n) is 6.20. The molecule has 0 bridgehead atoms. The van der Waals surface area contributed by atoms with Crippen LogP contribution in [-0.4, -0.2) is 84.9 Å². The van der Waals surface area contributed by atoms with Gasteiger partial charge in [-0.15, -0.1) is 0 Å². The Balaban J connectivity index is 1.79. The zero-order valence-corrected chi connectivity index (χ0v) is 23.8. The molecule has 0 aliphatic heterocycles. The fourth-order valence-electron chi connectivity index (χ4n) is 4.13. The van der Waals surface area contributed by atoms with Gasteiger partial charge in [-0.25, -0.2) is 0 Å². The first-order chi connectivity index (χ1) is 19.9. The largest absolute Gasteiger partial charge is 0.497 e. The first-order valence-electron chi connectivity index (χ1n) is 13.2. The molecule has 0 saturated carbocycles. The lowest BCUT2D eigenvalue weighted by Crippen LogP contribution is -2.22. The summed E-state index contributed by atoms with van der Waals surface area (Å²) in [7, 11) is 7.06. The zero-order chi connectivity index (χ0) is 29.2. The summed E-state index contributed by atoms with van der Waals surface area (Å²) in [5.41, 5.74) is 3.01. The summed E-state index contributed by atoms with van der Waals surface area (Å²) in [5.74, 6) is 2.56. The highest BCUT2D eigenvalue weighted by Gasteiger charge is 2.22. The van der Waals surface area contributed by atoms with Gasteiger partial charge < -0.3 is 39.0 Å². The standard InChI is InChI=1S/C29H36N6O6/c1-34(18-20-6-10-22(38-3)11-7-20)26-25-24(30-28(32-26)40-16-5-14-36)27(33-29(31-25)41-17-15-37)35(2)19-21-8-12-23(39-4)13-9-21/h6-13,36-37H,5,14-19H2,1-4H3. The van der Waals surface area contributed by atoms with Crippen molar-refractivity contribution in [2.24, 2.45) is 0 Å². The average molecular weight is 565 g/mol. The molecule has 0 saturated heterocycles. The number of rotatable bonds is 15. The number of nitrogens with zero attached hydrogens (tertiary/aromatic N) is 6. The number of fused-ring (bicyclic) bond motifs is 1. The minimum atomic E-state index is -0.184. The smallest absolute Gasteiger partial charge is 0.319 e. The van der Waals surface area contributed by atoms with E-state index in [0.29, 0.717) is 42.2 Å². The molecule has 4 rings (SSSR count). The Hall–Kier alpha value is -4.42. The fraction of sp³-hybridized carbons (Fsp3) is 0.379. The molecule has 4 aromatic rings. The fourth-order valence-corrected chi connectivity index (χ4v) is 4.13. The maximum atomic E-state index is 9.36. The van der Waals surface area contributed by atoms with E-state index < -0.39 is 0 Å². The summed E-state index contributed by atoms with van der Waals surface area (Å²) in [6.07, 6.45) is 0.438. The van der Waals surface area contributed by atoms with Crippen LogP contribution in [0.4, 0.5) is 11.6 Å². The number of methoxy groups -OCH3 is 2. The molecule has 0 unspecified atom stereocenters. The highest BCUT2D eigenvalue weighted by atomic mass is 16.5. The van der Waals surface area contributed by atoms with Crippen molar-refractivity contribution >= 4 is 22.7 Å². The van der Waals surface area contributed by atoms with Gasteiger partial charge in [0.1, 0.15) is 29.1 Å². The van der Waals surface area contributed by atoms with Crippen LogP contribution in [0.25, 0.3) is 11.0 Å². The lowest BCUT2D eigenvalue weighted by Gasteiger charge is -2.24. The van der Waals surface area contributed by atoms with Crippen molar-refractivity contribution in [2.75, 3.05) is 64.5 Å². The molecular weight excluding hydrogens is 528 g/mol. The van der Waals surface area contributed by atoms with E-state index in [1.807, 2.05) is 72.4 Å². The maximum absolute atomic E-state index is 9.36. The SMILES string of the molecule is COc1ccc(CN(C)c2nc(OCCCO)nc3c(N(C)Cc4ccc(OC)cc4)nc(OCCO)nc23)cc1. The van der Waals surface area contributed by atoms with E-state index in [1.165, 1.54) is 0 Å². The Morgan fingerprint density at radius 3 is 1.44 bits per heavy atom. The molecule has 0 radical (unpaired) electrons. The Bertz CT molecular complexity index is 1400. The minimum Gasteiger partial charge on any atom is -0.497 e. The number of aromatic nitrogens is 4. The maximum Gasteiger partial charge on any atom is 0.319 e. The monoisotopic (exact) mass is 564 g/mol. The summed E-state index contributed by atoms with van der Waals surface area (Å²) < 4.78 is 22.1. The molecule has 12 heteroatoms. The second-order valence-electron chi connectivity index (χ2n) is 9.26. The van der Waals surface area contributed by atoms with Crippen LogP contribution in [-0.2, 0) is 13.1 Å². The number of hydrogen-bond donors (Lipinski definition) is 2. The van der Waals surface area contributed by atoms with Gasteiger partial charge in [-0.1, -0.05) is 24.3 Å². The van der Waals surface area contributed by atoms with Crippen LogP contribution < -0.4 is 28.7 Å².